The van der Waals surface area contributed by atoms with Crippen LogP contribution in [0.4, 0.5) is 0 Å². The standard InChI is InChI=1S/C18H31N3O4S/c1-17(2)14-3-4-18(17,15(13-14)20-5-9-24-10-6-20)16(26(19,22)23)21-7-11-25-12-8-21/h13-14,16H,3-12H2,1-2H3,(H2,19,22,23)/t14-,16+,18?/m1/s1. The van der Waals surface area contributed by atoms with Gasteiger partial charge in [-0.3, -0.25) is 4.90 Å². The Balaban J connectivity index is 1.81. The van der Waals surface area contributed by atoms with Crippen molar-refractivity contribution in [3.8, 4) is 0 Å². The van der Waals surface area contributed by atoms with Gasteiger partial charge in [0, 0.05) is 37.3 Å². The molecule has 1 saturated carbocycles. The third-order valence-electron chi connectivity index (χ3n) is 7.20. The van der Waals surface area contributed by atoms with E-state index < -0.39 is 20.8 Å². The molecule has 0 amide bonds. The molecule has 3 atom stereocenters. The van der Waals surface area contributed by atoms with Gasteiger partial charge in [0.25, 0.3) is 0 Å². The fraction of sp³-hybridized carbons (Fsp3) is 0.889. The van der Waals surface area contributed by atoms with E-state index in [1.54, 1.807) is 0 Å². The number of rotatable bonds is 4. The van der Waals surface area contributed by atoms with Crippen LogP contribution in [0.3, 0.4) is 0 Å². The molecule has 4 rings (SSSR count). The molecule has 2 heterocycles. The molecule has 7 nitrogen and oxygen atoms in total. The van der Waals surface area contributed by atoms with Gasteiger partial charge < -0.3 is 14.4 Å². The highest BCUT2D eigenvalue weighted by molar-refractivity contribution is 7.89. The molecular weight excluding hydrogens is 354 g/mol. The average molecular weight is 386 g/mol. The lowest BCUT2D eigenvalue weighted by Crippen LogP contribution is -2.62. The summed E-state index contributed by atoms with van der Waals surface area (Å²) in [7, 11) is -3.76. The zero-order valence-electron chi connectivity index (χ0n) is 15.8. The van der Waals surface area contributed by atoms with E-state index >= 15 is 0 Å². The number of nitrogens with zero attached hydrogens (tertiary/aromatic N) is 2. The Morgan fingerprint density at radius 3 is 2.23 bits per heavy atom. The lowest BCUT2D eigenvalue weighted by Gasteiger charge is -2.52. The van der Waals surface area contributed by atoms with Crippen molar-refractivity contribution in [3.63, 3.8) is 0 Å². The van der Waals surface area contributed by atoms with Gasteiger partial charge in [-0.15, -0.1) is 0 Å². The SMILES string of the molecule is CC1(C)[C@H]2C=C(N3CCOCC3)C1([C@@H](N1CCOCC1)S(N)(=O)=O)CC2. The van der Waals surface area contributed by atoms with E-state index in [2.05, 4.69) is 29.7 Å². The van der Waals surface area contributed by atoms with Crippen LogP contribution in [0.2, 0.25) is 0 Å². The zero-order chi connectivity index (χ0) is 18.6. The van der Waals surface area contributed by atoms with Crippen LogP contribution in [-0.2, 0) is 19.5 Å². The summed E-state index contributed by atoms with van der Waals surface area (Å²) in [6, 6.07) is 0. The normalized spacial score (nSPS) is 36.2. The van der Waals surface area contributed by atoms with Crippen molar-refractivity contribution in [1.29, 1.82) is 0 Å². The largest absolute Gasteiger partial charge is 0.379 e. The van der Waals surface area contributed by atoms with Gasteiger partial charge in [-0.1, -0.05) is 19.9 Å². The van der Waals surface area contributed by atoms with E-state index in [1.165, 1.54) is 5.70 Å². The van der Waals surface area contributed by atoms with Crippen LogP contribution < -0.4 is 5.14 Å². The molecule has 0 radical (unpaired) electrons. The quantitative estimate of drug-likeness (QED) is 0.762. The first-order chi connectivity index (χ1) is 12.3. The van der Waals surface area contributed by atoms with Crippen molar-refractivity contribution in [2.24, 2.45) is 21.9 Å². The van der Waals surface area contributed by atoms with Gasteiger partial charge in [0.2, 0.25) is 10.0 Å². The number of allylic oxidation sites excluding steroid dienone is 1. The van der Waals surface area contributed by atoms with Crippen LogP contribution in [0, 0.1) is 16.7 Å². The summed E-state index contributed by atoms with van der Waals surface area (Å²) in [6.45, 7) is 9.81. The summed E-state index contributed by atoms with van der Waals surface area (Å²) in [5, 5.41) is 5.20. The molecule has 26 heavy (non-hydrogen) atoms. The maximum atomic E-state index is 12.9. The van der Waals surface area contributed by atoms with Gasteiger partial charge >= 0.3 is 0 Å². The molecule has 2 aliphatic carbocycles. The monoisotopic (exact) mass is 385 g/mol. The van der Waals surface area contributed by atoms with E-state index in [9.17, 15) is 8.42 Å². The molecule has 0 spiro atoms. The lowest BCUT2D eigenvalue weighted by atomic mass is 9.66. The molecule has 3 fully saturated rings. The first kappa shape index (κ1) is 18.7. The Morgan fingerprint density at radius 1 is 1.12 bits per heavy atom. The maximum absolute atomic E-state index is 12.9. The predicted octanol–water partition coefficient (Wildman–Crippen LogP) is 0.586. The number of fused-ring (bicyclic) bond motifs is 2. The first-order valence-electron chi connectivity index (χ1n) is 9.67. The van der Waals surface area contributed by atoms with Crippen molar-refractivity contribution >= 4 is 10.0 Å². The molecule has 8 heteroatoms. The van der Waals surface area contributed by atoms with Crippen LogP contribution in [0.5, 0.6) is 0 Å². The van der Waals surface area contributed by atoms with E-state index in [4.69, 9.17) is 14.6 Å². The van der Waals surface area contributed by atoms with Gasteiger partial charge in [0.05, 0.1) is 26.4 Å². The second-order valence-electron chi connectivity index (χ2n) is 8.58. The molecule has 0 aromatic heterocycles. The number of primary sulfonamides is 1. The van der Waals surface area contributed by atoms with Crippen LogP contribution >= 0.6 is 0 Å². The Labute approximate surface area is 156 Å². The molecule has 4 aliphatic rings. The van der Waals surface area contributed by atoms with Crippen molar-refractivity contribution in [2.45, 2.75) is 32.1 Å². The summed E-state index contributed by atoms with van der Waals surface area (Å²) in [4.78, 5) is 4.41. The van der Waals surface area contributed by atoms with Crippen molar-refractivity contribution in [2.75, 3.05) is 52.6 Å². The maximum Gasteiger partial charge on any atom is 0.226 e. The Morgan fingerprint density at radius 2 is 1.69 bits per heavy atom. The molecule has 1 unspecified atom stereocenters. The van der Waals surface area contributed by atoms with Crippen LogP contribution in [0.15, 0.2) is 11.8 Å². The smallest absolute Gasteiger partial charge is 0.226 e. The fourth-order valence-electron chi connectivity index (χ4n) is 5.86. The van der Waals surface area contributed by atoms with Gasteiger partial charge in [-0.2, -0.15) is 0 Å². The summed E-state index contributed by atoms with van der Waals surface area (Å²) >= 11 is 0. The minimum absolute atomic E-state index is 0.143. The fourth-order valence-corrected chi connectivity index (χ4v) is 7.59. The zero-order valence-corrected chi connectivity index (χ0v) is 16.6. The summed E-state index contributed by atoms with van der Waals surface area (Å²) in [5.74, 6) is 0.394. The lowest BCUT2D eigenvalue weighted by molar-refractivity contribution is -0.0275. The number of hydrogen-bond donors (Lipinski definition) is 1. The third-order valence-corrected chi connectivity index (χ3v) is 8.53. The highest BCUT2D eigenvalue weighted by atomic mass is 32.2. The Hall–Kier alpha value is -0.670. The minimum atomic E-state index is -3.76. The van der Waals surface area contributed by atoms with Crippen molar-refractivity contribution in [1.82, 2.24) is 9.80 Å². The number of hydrogen-bond acceptors (Lipinski definition) is 6. The highest BCUT2D eigenvalue weighted by Crippen LogP contribution is 2.68. The van der Waals surface area contributed by atoms with E-state index in [0.29, 0.717) is 45.4 Å². The predicted molar refractivity (Wildman–Crippen MR) is 98.7 cm³/mol. The Kier molecular flexibility index (Phi) is 4.63. The molecule has 0 aromatic rings. The molecule has 2 N–H and O–H groups in total. The molecule has 148 valence electrons. The topological polar surface area (TPSA) is 85.1 Å². The van der Waals surface area contributed by atoms with Crippen molar-refractivity contribution in [3.05, 3.63) is 11.8 Å². The highest BCUT2D eigenvalue weighted by Gasteiger charge is 2.68. The summed E-state index contributed by atoms with van der Waals surface area (Å²) in [5.41, 5.74) is 0.572. The Bertz CT molecular complexity index is 681. The second-order valence-corrected chi connectivity index (χ2v) is 10.2. The van der Waals surface area contributed by atoms with Gasteiger partial charge in [0.15, 0.2) is 0 Å². The van der Waals surface area contributed by atoms with Gasteiger partial charge in [0.1, 0.15) is 5.37 Å². The second kappa shape index (κ2) is 6.44. The van der Waals surface area contributed by atoms with Gasteiger partial charge in [-0.25, -0.2) is 13.6 Å². The molecule has 2 aliphatic heterocycles. The third kappa shape index (κ3) is 2.64. The van der Waals surface area contributed by atoms with Gasteiger partial charge in [-0.05, 0) is 24.2 Å². The molecule has 2 saturated heterocycles. The van der Waals surface area contributed by atoms with Crippen LogP contribution in [0.25, 0.3) is 0 Å². The number of ether oxygens (including phenoxy) is 2. The number of sulfonamides is 1. The minimum Gasteiger partial charge on any atom is -0.379 e. The van der Waals surface area contributed by atoms with Crippen LogP contribution in [-0.4, -0.2) is 76.2 Å². The number of morpholine rings is 2. The molecular formula is C18H31N3O4S. The number of nitrogens with two attached hydrogens (primary N) is 1. The average Bonchev–Trinajstić information content (AvgIpc) is 2.98. The van der Waals surface area contributed by atoms with Crippen LogP contribution in [0.1, 0.15) is 26.7 Å². The van der Waals surface area contributed by atoms with E-state index in [0.717, 1.165) is 25.9 Å². The van der Waals surface area contributed by atoms with E-state index in [1.807, 2.05) is 0 Å². The molecule has 0 aromatic carbocycles. The summed E-state index contributed by atoms with van der Waals surface area (Å²) < 4.78 is 36.9. The van der Waals surface area contributed by atoms with Crippen molar-refractivity contribution < 1.29 is 17.9 Å². The first-order valence-corrected chi connectivity index (χ1v) is 11.3. The molecule has 2 bridgehead atoms. The summed E-state index contributed by atoms with van der Waals surface area (Å²) in [6.07, 6.45) is 4.23. The van der Waals surface area contributed by atoms with E-state index in [-0.39, 0.29) is 5.41 Å².